The second-order valence-corrected chi connectivity index (χ2v) is 25.0. The highest BCUT2D eigenvalue weighted by molar-refractivity contribution is 6.75. The molecule has 0 spiro atoms. The van der Waals surface area contributed by atoms with Crippen LogP contribution in [-0.4, -0.2) is 35.1 Å². The fourth-order valence-electron chi connectivity index (χ4n) is 4.15. The molecule has 3 aromatic rings. The summed E-state index contributed by atoms with van der Waals surface area (Å²) in [4.78, 5) is 25.8. The Morgan fingerprint density at radius 2 is 1.15 bits per heavy atom. The quantitative estimate of drug-likeness (QED) is 0.117. The van der Waals surface area contributed by atoms with E-state index in [1.807, 2.05) is 80.6 Å². The maximum absolute atomic E-state index is 13.0. The fourth-order valence-corrected chi connectivity index (χ4v) is 6.21. The van der Waals surface area contributed by atoms with Gasteiger partial charge >= 0.3 is 5.97 Å². The molecule has 0 heterocycles. The number of rotatable bonds is 12. The third-order valence-corrected chi connectivity index (χ3v) is 18.3. The van der Waals surface area contributed by atoms with Crippen molar-refractivity contribution in [2.45, 2.75) is 97.8 Å². The smallest absolute Gasteiger partial charge is 0.331 e. The summed E-state index contributed by atoms with van der Waals surface area (Å²) in [6, 6.07) is 21.4. The second kappa shape index (κ2) is 15.6. The predicted molar refractivity (Wildman–Crippen MR) is 204 cm³/mol. The van der Waals surface area contributed by atoms with Crippen LogP contribution in [0.3, 0.4) is 0 Å². The standard InChI is InChI=1S/C40H55NO5Si2/c1-29-13-20-33(27-30(29)2)36(44-38(43)26-19-32-16-23-35(24-17-32)46-48(11,12)40(6,7)8)28-41-37(42)25-18-31-14-21-34(22-15-31)45-47(9,10)39(3,4)5/h13-27,36H,28H2,1-12H3,(H,41,42)/b25-18+,26-19+/t36-/m1/s1. The minimum atomic E-state index is -1.94. The molecule has 3 aromatic carbocycles. The maximum Gasteiger partial charge on any atom is 0.331 e. The normalized spacial score (nSPS) is 13.4. The van der Waals surface area contributed by atoms with E-state index < -0.39 is 28.7 Å². The minimum absolute atomic E-state index is 0.102. The molecule has 1 atom stereocenters. The van der Waals surface area contributed by atoms with Crippen molar-refractivity contribution in [2.24, 2.45) is 0 Å². The number of carbonyl (C=O) groups is 2. The summed E-state index contributed by atoms with van der Waals surface area (Å²) >= 11 is 0. The van der Waals surface area contributed by atoms with Crippen LogP contribution in [0.5, 0.6) is 11.5 Å². The highest BCUT2D eigenvalue weighted by atomic mass is 28.4. The Labute approximate surface area is 290 Å². The Morgan fingerprint density at radius 1 is 0.688 bits per heavy atom. The fraction of sp³-hybridized carbons (Fsp3) is 0.400. The van der Waals surface area contributed by atoms with E-state index in [0.29, 0.717) is 0 Å². The van der Waals surface area contributed by atoms with Gasteiger partial charge in [0.05, 0.1) is 6.54 Å². The minimum Gasteiger partial charge on any atom is -0.544 e. The van der Waals surface area contributed by atoms with Crippen molar-refractivity contribution in [2.75, 3.05) is 6.54 Å². The number of hydrogen-bond acceptors (Lipinski definition) is 5. The zero-order valence-electron chi connectivity index (χ0n) is 31.0. The summed E-state index contributed by atoms with van der Waals surface area (Å²) in [5.74, 6) is 0.887. The van der Waals surface area contributed by atoms with E-state index >= 15 is 0 Å². The lowest BCUT2D eigenvalue weighted by atomic mass is 10.0. The lowest BCUT2D eigenvalue weighted by Gasteiger charge is -2.36. The van der Waals surface area contributed by atoms with Crippen LogP contribution in [0.15, 0.2) is 78.9 Å². The number of carbonyl (C=O) groups excluding carboxylic acids is 2. The first kappa shape index (κ1) is 38.6. The molecule has 0 aliphatic carbocycles. The van der Waals surface area contributed by atoms with Crippen LogP contribution in [0.25, 0.3) is 12.2 Å². The first-order chi connectivity index (χ1) is 22.2. The van der Waals surface area contributed by atoms with Gasteiger partial charge in [-0.05, 0) is 114 Å². The zero-order chi connectivity index (χ0) is 35.9. The Hall–Kier alpha value is -3.89. The molecule has 0 fully saturated rings. The number of benzene rings is 3. The first-order valence-electron chi connectivity index (χ1n) is 16.7. The van der Waals surface area contributed by atoms with Gasteiger partial charge in [-0.15, -0.1) is 0 Å². The zero-order valence-corrected chi connectivity index (χ0v) is 33.0. The van der Waals surface area contributed by atoms with E-state index in [2.05, 4.69) is 73.0 Å². The summed E-state index contributed by atoms with van der Waals surface area (Å²) in [6.45, 7) is 26.3. The average molecular weight is 686 g/mol. The lowest BCUT2D eigenvalue weighted by molar-refractivity contribution is -0.143. The third-order valence-electron chi connectivity index (χ3n) is 9.58. The molecule has 8 heteroatoms. The maximum atomic E-state index is 13.0. The van der Waals surface area contributed by atoms with Gasteiger partial charge in [-0.2, -0.15) is 0 Å². The molecule has 0 aliphatic heterocycles. The lowest BCUT2D eigenvalue weighted by Crippen LogP contribution is -2.43. The number of esters is 1. The van der Waals surface area contributed by atoms with Crippen molar-refractivity contribution in [1.29, 1.82) is 0 Å². The number of aryl methyl sites for hydroxylation is 2. The molecule has 6 nitrogen and oxygen atoms in total. The van der Waals surface area contributed by atoms with Gasteiger partial charge in [0, 0.05) is 12.2 Å². The summed E-state index contributed by atoms with van der Waals surface area (Å²) in [5.41, 5.74) is 4.77. The average Bonchev–Trinajstić information content (AvgIpc) is 2.98. The van der Waals surface area contributed by atoms with E-state index in [-0.39, 0.29) is 22.5 Å². The van der Waals surface area contributed by atoms with Crippen LogP contribution < -0.4 is 14.2 Å². The molecule has 1 N–H and O–H groups in total. The van der Waals surface area contributed by atoms with E-state index in [9.17, 15) is 9.59 Å². The van der Waals surface area contributed by atoms with Gasteiger partial charge in [0.2, 0.25) is 22.5 Å². The van der Waals surface area contributed by atoms with E-state index in [0.717, 1.165) is 39.3 Å². The number of hydrogen-bond donors (Lipinski definition) is 1. The Bertz CT molecular complexity index is 1610. The van der Waals surface area contributed by atoms with Gasteiger partial charge in [0.25, 0.3) is 0 Å². The second-order valence-electron chi connectivity index (χ2n) is 15.5. The number of amides is 1. The molecular weight excluding hydrogens is 631 g/mol. The molecule has 0 bridgehead atoms. The molecule has 0 saturated carbocycles. The van der Waals surface area contributed by atoms with Gasteiger partial charge in [0.15, 0.2) is 0 Å². The molecule has 48 heavy (non-hydrogen) atoms. The van der Waals surface area contributed by atoms with E-state index in [4.69, 9.17) is 13.6 Å². The van der Waals surface area contributed by atoms with Crippen molar-refractivity contribution in [3.8, 4) is 11.5 Å². The van der Waals surface area contributed by atoms with Crippen molar-refractivity contribution in [1.82, 2.24) is 5.32 Å². The Kier molecular flexibility index (Phi) is 12.5. The van der Waals surface area contributed by atoms with Crippen LogP contribution in [0.1, 0.15) is 75.5 Å². The Morgan fingerprint density at radius 3 is 1.58 bits per heavy atom. The molecule has 0 unspecified atom stereocenters. The first-order valence-corrected chi connectivity index (χ1v) is 22.5. The summed E-state index contributed by atoms with van der Waals surface area (Å²) in [7, 11) is -3.87. The van der Waals surface area contributed by atoms with Crippen LogP contribution in [-0.2, 0) is 14.3 Å². The highest BCUT2D eigenvalue weighted by Crippen LogP contribution is 2.38. The third kappa shape index (κ3) is 11.1. The van der Waals surface area contributed by atoms with E-state index in [1.54, 1.807) is 12.2 Å². The van der Waals surface area contributed by atoms with Gasteiger partial charge in [-0.25, -0.2) is 4.79 Å². The van der Waals surface area contributed by atoms with Crippen molar-refractivity contribution < 1.29 is 23.2 Å². The van der Waals surface area contributed by atoms with Crippen molar-refractivity contribution in [3.63, 3.8) is 0 Å². The van der Waals surface area contributed by atoms with Crippen LogP contribution in [0, 0.1) is 13.8 Å². The van der Waals surface area contributed by atoms with Crippen molar-refractivity contribution in [3.05, 3.63) is 107 Å². The molecule has 258 valence electrons. The summed E-state index contributed by atoms with van der Waals surface area (Å²) < 4.78 is 18.6. The highest BCUT2D eigenvalue weighted by Gasteiger charge is 2.39. The van der Waals surface area contributed by atoms with E-state index in [1.165, 1.54) is 12.2 Å². The topological polar surface area (TPSA) is 73.9 Å². The number of nitrogens with one attached hydrogen (secondary N) is 1. The largest absolute Gasteiger partial charge is 0.544 e. The molecule has 0 radical (unpaired) electrons. The van der Waals surface area contributed by atoms with Gasteiger partial charge < -0.3 is 18.9 Å². The van der Waals surface area contributed by atoms with Crippen molar-refractivity contribution >= 4 is 40.7 Å². The van der Waals surface area contributed by atoms with Gasteiger partial charge in [0.1, 0.15) is 17.6 Å². The van der Waals surface area contributed by atoms with Gasteiger partial charge in [-0.1, -0.05) is 84.0 Å². The molecule has 0 aliphatic rings. The summed E-state index contributed by atoms with van der Waals surface area (Å²) in [6.07, 6.45) is 5.72. The molecular formula is C40H55NO5Si2. The Balaban J connectivity index is 1.64. The van der Waals surface area contributed by atoms with Crippen LogP contribution in [0.2, 0.25) is 36.3 Å². The van der Waals surface area contributed by atoms with Gasteiger partial charge in [-0.3, -0.25) is 4.79 Å². The molecule has 0 saturated heterocycles. The molecule has 3 rings (SSSR count). The predicted octanol–water partition coefficient (Wildman–Crippen LogP) is 10.2. The SMILES string of the molecule is Cc1ccc([C@@H](CNC(=O)/C=C/c2ccc(O[Si](C)(C)C(C)(C)C)cc2)OC(=O)/C=C/c2ccc(O[Si](C)(C)C(C)(C)C)cc2)cc1C. The number of ether oxygens (including phenoxy) is 1. The van der Waals surface area contributed by atoms with Crippen LogP contribution in [0.4, 0.5) is 0 Å². The molecule has 1 amide bonds. The monoisotopic (exact) mass is 685 g/mol. The molecule has 0 aromatic heterocycles. The van der Waals surface area contributed by atoms with Crippen LogP contribution >= 0.6 is 0 Å². The summed E-state index contributed by atoms with van der Waals surface area (Å²) in [5, 5.41) is 3.11.